The molecule has 0 amide bonds. The van der Waals surface area contributed by atoms with E-state index in [1.165, 1.54) is 0 Å². The summed E-state index contributed by atoms with van der Waals surface area (Å²) < 4.78 is 24.0. The molecular weight excluding hydrogens is 320 g/mol. The van der Waals surface area contributed by atoms with Gasteiger partial charge in [0.05, 0.1) is 12.0 Å². The molecule has 1 aromatic rings. The van der Waals surface area contributed by atoms with Gasteiger partial charge in [-0.15, -0.1) is 0 Å². The molecule has 0 aromatic heterocycles. The van der Waals surface area contributed by atoms with Crippen molar-refractivity contribution >= 4 is 6.29 Å². The molecule has 0 N–H and O–H groups in total. The van der Waals surface area contributed by atoms with Crippen LogP contribution in [0.1, 0.15) is 18.3 Å². The molecule has 5 nitrogen and oxygen atoms in total. The van der Waals surface area contributed by atoms with E-state index in [4.69, 9.17) is 18.9 Å². The summed E-state index contributed by atoms with van der Waals surface area (Å²) in [6, 6.07) is 9.86. The Bertz CT molecular complexity index is 689. The SMILES string of the molecule is CO[C@H]1O[C@@H]2CO[C@@H](c3ccccc3)O[C@H]2[C@@]2(C=O)[C@@H]1[C@H]1C=C[C@@H]2C1. The van der Waals surface area contributed by atoms with Crippen molar-refractivity contribution < 1.29 is 23.7 Å². The third-order valence-electron chi connectivity index (χ3n) is 6.42. The first-order valence-corrected chi connectivity index (χ1v) is 8.93. The maximum atomic E-state index is 12.4. The van der Waals surface area contributed by atoms with Crippen molar-refractivity contribution in [3.8, 4) is 0 Å². The van der Waals surface area contributed by atoms with E-state index in [9.17, 15) is 4.79 Å². The van der Waals surface area contributed by atoms with E-state index in [0.29, 0.717) is 12.5 Å². The standard InChI is InChI=1S/C20H22O5/c1-22-19-16-13-7-8-14(9-13)20(16,11-21)17-15(24-19)10-23-18(25-17)12-5-3-2-4-6-12/h2-8,11,13-19H,9-10H2,1H3/t13-,14+,15+,16+,17+,18+,19-,20+/m0/s1. The van der Waals surface area contributed by atoms with Crippen LogP contribution >= 0.6 is 0 Å². The summed E-state index contributed by atoms with van der Waals surface area (Å²) in [4.78, 5) is 12.4. The molecule has 5 heteroatoms. The Balaban J connectivity index is 1.53. The fourth-order valence-corrected chi connectivity index (χ4v) is 5.38. The number of methoxy groups -OCH3 is 1. The first kappa shape index (κ1) is 15.7. The number of allylic oxidation sites excluding steroid dienone is 2. The molecule has 0 spiro atoms. The van der Waals surface area contributed by atoms with Crippen LogP contribution in [0.25, 0.3) is 0 Å². The number of carbonyl (C=O) groups excluding carboxylic acids is 1. The van der Waals surface area contributed by atoms with Crippen molar-refractivity contribution in [2.24, 2.45) is 23.2 Å². The molecule has 3 fully saturated rings. The molecule has 4 aliphatic rings. The molecule has 2 bridgehead atoms. The topological polar surface area (TPSA) is 54.0 Å². The maximum absolute atomic E-state index is 12.4. The van der Waals surface area contributed by atoms with Gasteiger partial charge in [0.25, 0.3) is 0 Å². The van der Waals surface area contributed by atoms with Crippen molar-refractivity contribution in [1.82, 2.24) is 0 Å². The zero-order chi connectivity index (χ0) is 17.0. The van der Waals surface area contributed by atoms with Crippen molar-refractivity contribution in [2.45, 2.75) is 31.2 Å². The minimum absolute atomic E-state index is 0.000716. The molecule has 2 heterocycles. The number of ether oxygens (including phenoxy) is 4. The van der Waals surface area contributed by atoms with Crippen molar-refractivity contribution in [2.75, 3.05) is 13.7 Å². The van der Waals surface area contributed by atoms with Gasteiger partial charge in [-0.2, -0.15) is 0 Å². The molecule has 132 valence electrons. The van der Waals surface area contributed by atoms with E-state index in [-0.39, 0.29) is 24.0 Å². The highest BCUT2D eigenvalue weighted by Gasteiger charge is 2.68. The molecule has 25 heavy (non-hydrogen) atoms. The van der Waals surface area contributed by atoms with E-state index in [2.05, 4.69) is 12.2 Å². The number of carbonyl (C=O) groups is 1. The molecule has 2 aliphatic heterocycles. The van der Waals surface area contributed by atoms with Gasteiger partial charge in [0.2, 0.25) is 0 Å². The van der Waals surface area contributed by atoms with Gasteiger partial charge in [-0.05, 0) is 18.3 Å². The van der Waals surface area contributed by atoms with Crippen LogP contribution in [0.2, 0.25) is 0 Å². The zero-order valence-corrected chi connectivity index (χ0v) is 14.1. The van der Waals surface area contributed by atoms with E-state index in [1.54, 1.807) is 7.11 Å². The largest absolute Gasteiger partial charge is 0.356 e. The quantitative estimate of drug-likeness (QED) is 0.624. The maximum Gasteiger partial charge on any atom is 0.184 e. The van der Waals surface area contributed by atoms with E-state index in [1.807, 2.05) is 30.3 Å². The molecular formula is C20H22O5. The summed E-state index contributed by atoms with van der Waals surface area (Å²) >= 11 is 0. The van der Waals surface area contributed by atoms with Gasteiger partial charge >= 0.3 is 0 Å². The van der Waals surface area contributed by atoms with Gasteiger partial charge in [-0.25, -0.2) is 0 Å². The Labute approximate surface area is 146 Å². The Morgan fingerprint density at radius 1 is 1.20 bits per heavy atom. The second-order valence-corrected chi connectivity index (χ2v) is 7.45. The normalized spacial score (nSPS) is 47.3. The lowest BCUT2D eigenvalue weighted by Gasteiger charge is -2.54. The molecule has 5 rings (SSSR count). The van der Waals surface area contributed by atoms with Gasteiger partial charge < -0.3 is 23.7 Å². The highest BCUT2D eigenvalue weighted by atomic mass is 16.7. The molecule has 0 unspecified atom stereocenters. The van der Waals surface area contributed by atoms with Crippen LogP contribution in [0, 0.1) is 23.2 Å². The van der Waals surface area contributed by atoms with Crippen LogP contribution in [-0.2, 0) is 23.7 Å². The first-order valence-electron chi connectivity index (χ1n) is 8.93. The van der Waals surface area contributed by atoms with E-state index in [0.717, 1.165) is 18.3 Å². The van der Waals surface area contributed by atoms with Crippen molar-refractivity contribution in [3.63, 3.8) is 0 Å². The average Bonchev–Trinajstić information content (AvgIpc) is 3.28. The minimum Gasteiger partial charge on any atom is -0.356 e. The second-order valence-electron chi connectivity index (χ2n) is 7.45. The van der Waals surface area contributed by atoms with Gasteiger partial charge in [-0.3, -0.25) is 0 Å². The summed E-state index contributed by atoms with van der Waals surface area (Å²) in [7, 11) is 1.65. The number of fused-ring (bicyclic) bond motifs is 7. The highest BCUT2D eigenvalue weighted by Crippen LogP contribution is 2.63. The molecule has 1 saturated carbocycles. The van der Waals surface area contributed by atoms with Gasteiger partial charge in [0, 0.05) is 18.6 Å². The van der Waals surface area contributed by atoms with Crippen LogP contribution in [0.15, 0.2) is 42.5 Å². The lowest BCUT2D eigenvalue weighted by molar-refractivity contribution is -0.357. The predicted octanol–water partition coefficient (Wildman–Crippen LogP) is 2.48. The number of hydrogen-bond acceptors (Lipinski definition) is 5. The number of aldehydes is 1. The van der Waals surface area contributed by atoms with Crippen LogP contribution in [0.5, 0.6) is 0 Å². The second kappa shape index (κ2) is 5.74. The lowest BCUT2D eigenvalue weighted by atomic mass is 9.62. The van der Waals surface area contributed by atoms with Crippen LogP contribution in [-0.4, -0.2) is 38.5 Å². The predicted molar refractivity (Wildman–Crippen MR) is 88.4 cm³/mol. The number of rotatable bonds is 3. The van der Waals surface area contributed by atoms with Gasteiger partial charge in [0.1, 0.15) is 18.5 Å². The summed E-state index contributed by atoms with van der Waals surface area (Å²) in [5, 5.41) is 0. The van der Waals surface area contributed by atoms with E-state index >= 15 is 0 Å². The molecule has 0 radical (unpaired) electrons. The average molecular weight is 342 g/mol. The van der Waals surface area contributed by atoms with Gasteiger partial charge in [0.15, 0.2) is 12.6 Å². The van der Waals surface area contributed by atoms with Crippen molar-refractivity contribution in [1.29, 1.82) is 0 Å². The fraction of sp³-hybridized carbons (Fsp3) is 0.550. The summed E-state index contributed by atoms with van der Waals surface area (Å²) in [5.41, 5.74) is 0.367. The Morgan fingerprint density at radius 3 is 2.80 bits per heavy atom. The third-order valence-corrected chi connectivity index (χ3v) is 6.42. The fourth-order valence-electron chi connectivity index (χ4n) is 5.38. The summed E-state index contributed by atoms with van der Waals surface area (Å²) in [6.07, 6.45) is 5.00. The first-order chi connectivity index (χ1) is 12.3. The summed E-state index contributed by atoms with van der Waals surface area (Å²) in [5.74, 6) is 0.493. The number of hydrogen-bond donors (Lipinski definition) is 0. The minimum atomic E-state index is -0.597. The van der Waals surface area contributed by atoms with Crippen molar-refractivity contribution in [3.05, 3.63) is 48.0 Å². The Morgan fingerprint density at radius 2 is 2.04 bits per heavy atom. The molecule has 2 saturated heterocycles. The lowest BCUT2D eigenvalue weighted by Crippen LogP contribution is -2.65. The molecule has 1 aromatic carbocycles. The molecule has 8 atom stereocenters. The Hall–Kier alpha value is -1.53. The third kappa shape index (κ3) is 2.07. The van der Waals surface area contributed by atoms with Gasteiger partial charge in [-0.1, -0.05) is 42.5 Å². The van der Waals surface area contributed by atoms with Crippen LogP contribution in [0.4, 0.5) is 0 Å². The zero-order valence-electron chi connectivity index (χ0n) is 14.1. The smallest absolute Gasteiger partial charge is 0.184 e. The highest BCUT2D eigenvalue weighted by molar-refractivity contribution is 5.65. The monoisotopic (exact) mass is 342 g/mol. The Kier molecular flexibility index (Phi) is 3.61. The number of benzene rings is 1. The van der Waals surface area contributed by atoms with Crippen LogP contribution in [0.3, 0.4) is 0 Å². The van der Waals surface area contributed by atoms with Crippen LogP contribution < -0.4 is 0 Å². The molecule has 2 aliphatic carbocycles. The van der Waals surface area contributed by atoms with E-state index < -0.39 is 18.0 Å². The summed E-state index contributed by atoms with van der Waals surface area (Å²) in [6.45, 7) is 0.396.